The van der Waals surface area contributed by atoms with E-state index in [0.29, 0.717) is 25.4 Å². The summed E-state index contributed by atoms with van der Waals surface area (Å²) in [7, 11) is 0. The van der Waals surface area contributed by atoms with Crippen molar-refractivity contribution in [1.82, 2.24) is 15.1 Å². The van der Waals surface area contributed by atoms with Crippen LogP contribution in [-0.2, 0) is 14.3 Å². The van der Waals surface area contributed by atoms with E-state index in [9.17, 15) is 9.59 Å². The summed E-state index contributed by atoms with van der Waals surface area (Å²) in [5, 5.41) is 3.35. The molecule has 0 aromatic rings. The molecule has 3 heterocycles. The first-order chi connectivity index (χ1) is 11.1. The van der Waals surface area contributed by atoms with Crippen LogP contribution in [0.5, 0.6) is 0 Å². The molecule has 0 unspecified atom stereocenters. The molecule has 23 heavy (non-hydrogen) atoms. The van der Waals surface area contributed by atoms with Crippen molar-refractivity contribution < 1.29 is 14.3 Å². The Hall–Kier alpha value is -1.14. The minimum Gasteiger partial charge on any atom is -0.378 e. The van der Waals surface area contributed by atoms with E-state index in [0.717, 1.165) is 58.6 Å². The van der Waals surface area contributed by atoms with E-state index >= 15 is 0 Å². The molecular weight excluding hydrogens is 294 g/mol. The summed E-state index contributed by atoms with van der Waals surface area (Å²) in [6, 6.07) is 0.162. The minimum absolute atomic E-state index is 0.162. The molecule has 6 heteroatoms. The predicted octanol–water partition coefficient (Wildman–Crippen LogP) is 0.616. The number of piperidine rings is 2. The second kappa shape index (κ2) is 7.18. The van der Waals surface area contributed by atoms with Crippen LogP contribution < -0.4 is 5.32 Å². The summed E-state index contributed by atoms with van der Waals surface area (Å²) < 4.78 is 5.42. The molecular formula is C17H29N3O3. The van der Waals surface area contributed by atoms with Crippen LogP contribution in [0.3, 0.4) is 0 Å². The van der Waals surface area contributed by atoms with Crippen molar-refractivity contribution in [2.75, 3.05) is 45.9 Å². The molecule has 3 aliphatic rings. The van der Waals surface area contributed by atoms with Crippen molar-refractivity contribution in [3.63, 3.8) is 0 Å². The number of carbonyl (C=O) groups excluding carboxylic acids is 2. The van der Waals surface area contributed by atoms with E-state index in [1.807, 2.05) is 9.80 Å². The van der Waals surface area contributed by atoms with Gasteiger partial charge in [-0.3, -0.25) is 9.59 Å². The van der Waals surface area contributed by atoms with Gasteiger partial charge in [-0.05, 0) is 31.6 Å². The van der Waals surface area contributed by atoms with Crippen molar-refractivity contribution in [3.05, 3.63) is 0 Å². The monoisotopic (exact) mass is 323 g/mol. The number of likely N-dealkylation sites (tertiary alicyclic amines) is 2. The summed E-state index contributed by atoms with van der Waals surface area (Å²) >= 11 is 0. The van der Waals surface area contributed by atoms with Gasteiger partial charge in [0.05, 0.1) is 13.2 Å². The summed E-state index contributed by atoms with van der Waals surface area (Å²) in [5.74, 6) is 0.530. The number of carbonyl (C=O) groups is 2. The van der Waals surface area contributed by atoms with Crippen LogP contribution in [0.2, 0.25) is 0 Å². The molecule has 0 bridgehead atoms. The van der Waals surface area contributed by atoms with Crippen LogP contribution in [0, 0.1) is 5.41 Å². The summed E-state index contributed by atoms with van der Waals surface area (Å²) in [6.45, 7) is 7.60. The van der Waals surface area contributed by atoms with Gasteiger partial charge in [-0.25, -0.2) is 0 Å². The van der Waals surface area contributed by atoms with Crippen molar-refractivity contribution in [2.24, 2.45) is 5.41 Å². The number of hydrogen-bond donors (Lipinski definition) is 1. The second-order valence-corrected chi connectivity index (χ2v) is 7.22. The molecule has 1 spiro atoms. The molecule has 0 aromatic heterocycles. The molecule has 3 fully saturated rings. The summed E-state index contributed by atoms with van der Waals surface area (Å²) in [5.41, 5.74) is 0.243. The van der Waals surface area contributed by atoms with Gasteiger partial charge in [0.15, 0.2) is 0 Å². The van der Waals surface area contributed by atoms with Crippen LogP contribution in [0.25, 0.3) is 0 Å². The van der Waals surface area contributed by atoms with Crippen LogP contribution >= 0.6 is 0 Å². The molecule has 0 aromatic carbocycles. The van der Waals surface area contributed by atoms with E-state index in [-0.39, 0.29) is 17.4 Å². The Kier molecular flexibility index (Phi) is 5.21. The van der Waals surface area contributed by atoms with E-state index < -0.39 is 0 Å². The highest BCUT2D eigenvalue weighted by atomic mass is 16.5. The van der Waals surface area contributed by atoms with Gasteiger partial charge in [-0.1, -0.05) is 0 Å². The van der Waals surface area contributed by atoms with E-state index in [4.69, 9.17) is 4.74 Å². The summed E-state index contributed by atoms with van der Waals surface area (Å²) in [6.07, 6.45) is 4.24. The Balaban J connectivity index is 1.49. The lowest BCUT2D eigenvalue weighted by Gasteiger charge is -2.47. The highest BCUT2D eigenvalue weighted by Crippen LogP contribution is 2.40. The Morgan fingerprint density at radius 1 is 1.35 bits per heavy atom. The average Bonchev–Trinajstić information content (AvgIpc) is 2.59. The Bertz CT molecular complexity index is 440. The third-order valence-electron chi connectivity index (χ3n) is 5.73. The summed E-state index contributed by atoms with van der Waals surface area (Å²) in [4.78, 5) is 28.4. The highest BCUT2D eigenvalue weighted by molar-refractivity contribution is 5.78. The minimum atomic E-state index is 0.162. The van der Waals surface area contributed by atoms with Gasteiger partial charge in [0.2, 0.25) is 11.8 Å². The maximum atomic E-state index is 12.5. The number of morpholine rings is 1. The quantitative estimate of drug-likeness (QED) is 0.827. The van der Waals surface area contributed by atoms with Crippen molar-refractivity contribution in [3.8, 4) is 0 Å². The predicted molar refractivity (Wildman–Crippen MR) is 87.0 cm³/mol. The molecule has 0 radical (unpaired) electrons. The first kappa shape index (κ1) is 16.7. The SMILES string of the molecule is CCN1CC2(CCC1=O)CCN(C(=O)C[C@H]1COCCN1)CC2. The van der Waals surface area contributed by atoms with E-state index in [1.54, 1.807) is 0 Å². The van der Waals surface area contributed by atoms with Gasteiger partial charge < -0.3 is 19.9 Å². The van der Waals surface area contributed by atoms with Gasteiger partial charge in [0.1, 0.15) is 0 Å². The molecule has 1 atom stereocenters. The Morgan fingerprint density at radius 2 is 2.13 bits per heavy atom. The zero-order valence-electron chi connectivity index (χ0n) is 14.2. The third-order valence-corrected chi connectivity index (χ3v) is 5.73. The van der Waals surface area contributed by atoms with Gasteiger partial charge in [-0.2, -0.15) is 0 Å². The fraction of sp³-hybridized carbons (Fsp3) is 0.882. The number of nitrogens with zero attached hydrogens (tertiary/aromatic N) is 2. The maximum Gasteiger partial charge on any atom is 0.224 e. The first-order valence-corrected chi connectivity index (χ1v) is 8.98. The largest absolute Gasteiger partial charge is 0.378 e. The lowest BCUT2D eigenvalue weighted by molar-refractivity contribution is -0.142. The lowest BCUT2D eigenvalue weighted by Crippen LogP contribution is -2.53. The van der Waals surface area contributed by atoms with Crippen LogP contribution in [0.4, 0.5) is 0 Å². The molecule has 130 valence electrons. The molecule has 3 saturated heterocycles. The van der Waals surface area contributed by atoms with Gasteiger partial charge >= 0.3 is 0 Å². The van der Waals surface area contributed by atoms with Gasteiger partial charge in [0, 0.05) is 51.6 Å². The van der Waals surface area contributed by atoms with E-state index in [2.05, 4.69) is 12.2 Å². The standard InChI is InChI=1S/C17H29N3O3/c1-2-19-13-17(4-3-15(19)21)5-8-20(9-6-17)16(22)11-14-12-23-10-7-18-14/h14,18H,2-13H2,1H3/t14-/m0/s1. The number of hydrogen-bond acceptors (Lipinski definition) is 4. The average molecular weight is 323 g/mol. The first-order valence-electron chi connectivity index (χ1n) is 8.98. The molecule has 3 rings (SSSR count). The van der Waals surface area contributed by atoms with Crippen LogP contribution in [-0.4, -0.2) is 73.6 Å². The number of amides is 2. The molecule has 6 nitrogen and oxygen atoms in total. The number of ether oxygens (including phenoxy) is 1. The Morgan fingerprint density at radius 3 is 2.78 bits per heavy atom. The second-order valence-electron chi connectivity index (χ2n) is 7.22. The zero-order chi connectivity index (χ0) is 16.3. The third kappa shape index (κ3) is 3.86. The topological polar surface area (TPSA) is 61.9 Å². The fourth-order valence-electron chi connectivity index (χ4n) is 4.12. The molecule has 2 amide bonds. The molecule has 0 saturated carbocycles. The van der Waals surface area contributed by atoms with Crippen LogP contribution in [0.15, 0.2) is 0 Å². The maximum absolute atomic E-state index is 12.5. The van der Waals surface area contributed by atoms with Crippen molar-refractivity contribution in [2.45, 2.75) is 45.1 Å². The molecule has 0 aliphatic carbocycles. The van der Waals surface area contributed by atoms with Gasteiger partial charge in [-0.15, -0.1) is 0 Å². The molecule has 3 aliphatic heterocycles. The molecule has 1 N–H and O–H groups in total. The highest BCUT2D eigenvalue weighted by Gasteiger charge is 2.41. The zero-order valence-corrected chi connectivity index (χ0v) is 14.2. The van der Waals surface area contributed by atoms with Crippen molar-refractivity contribution >= 4 is 11.8 Å². The number of rotatable bonds is 3. The van der Waals surface area contributed by atoms with Crippen LogP contribution in [0.1, 0.15) is 39.0 Å². The fourth-order valence-corrected chi connectivity index (χ4v) is 4.12. The lowest BCUT2D eigenvalue weighted by atomic mass is 9.72. The Labute approximate surface area is 138 Å². The number of nitrogens with one attached hydrogen (secondary N) is 1. The van der Waals surface area contributed by atoms with E-state index in [1.165, 1.54) is 0 Å². The van der Waals surface area contributed by atoms with Crippen molar-refractivity contribution in [1.29, 1.82) is 0 Å². The normalized spacial score (nSPS) is 28.2. The smallest absolute Gasteiger partial charge is 0.224 e. The van der Waals surface area contributed by atoms with Gasteiger partial charge in [0.25, 0.3) is 0 Å².